The summed E-state index contributed by atoms with van der Waals surface area (Å²) in [5.41, 5.74) is 1.00. The van der Waals surface area contributed by atoms with Gasteiger partial charge in [0, 0.05) is 12.0 Å². The molecule has 3 heterocycles. The first-order chi connectivity index (χ1) is 11.2. The summed E-state index contributed by atoms with van der Waals surface area (Å²) in [6.07, 6.45) is 2.22. The fraction of sp³-hybridized carbons (Fsp3) is 0.500. The Balaban J connectivity index is 1.52. The zero-order valence-electron chi connectivity index (χ0n) is 13.0. The van der Waals surface area contributed by atoms with Crippen LogP contribution in [0.1, 0.15) is 46.8 Å². The Morgan fingerprint density at radius 2 is 2.26 bits per heavy atom. The normalized spacial score (nSPS) is 16.6. The molecular formula is C16H20ClN3O2S. The molecule has 0 spiro atoms. The lowest BCUT2D eigenvalue weighted by Gasteiger charge is -2.29. The third kappa shape index (κ3) is 4.13. The minimum atomic E-state index is -0.142. The van der Waals surface area contributed by atoms with Gasteiger partial charge in [0.2, 0.25) is 0 Å². The average molecular weight is 354 g/mol. The molecule has 0 atom stereocenters. The molecule has 1 amide bonds. The Hall–Kier alpha value is -1.37. The van der Waals surface area contributed by atoms with Crippen molar-refractivity contribution < 1.29 is 9.32 Å². The highest BCUT2D eigenvalue weighted by Crippen LogP contribution is 2.27. The molecule has 2 aromatic heterocycles. The van der Waals surface area contributed by atoms with E-state index < -0.39 is 0 Å². The third-order valence-electron chi connectivity index (χ3n) is 4.25. The second-order valence-corrected chi connectivity index (χ2v) is 7.43. The van der Waals surface area contributed by atoms with Gasteiger partial charge in [-0.1, -0.05) is 23.7 Å². The van der Waals surface area contributed by atoms with E-state index in [0.29, 0.717) is 27.4 Å². The van der Waals surface area contributed by atoms with Gasteiger partial charge in [-0.25, -0.2) is 0 Å². The molecule has 2 aromatic rings. The molecule has 0 radical (unpaired) electrons. The number of hydrogen-bond donors (Lipinski definition) is 1. The Morgan fingerprint density at radius 3 is 2.91 bits per heavy atom. The number of nitrogens with one attached hydrogen (secondary N) is 1. The van der Waals surface area contributed by atoms with E-state index in [2.05, 4.69) is 22.3 Å². The smallest absolute Gasteiger partial charge is 0.261 e. The summed E-state index contributed by atoms with van der Waals surface area (Å²) in [5.74, 6) is 1.01. The number of halogens is 1. The lowest BCUT2D eigenvalue weighted by molar-refractivity contribution is 0.0951. The van der Waals surface area contributed by atoms with Crippen LogP contribution in [0.15, 0.2) is 22.7 Å². The van der Waals surface area contributed by atoms with Crippen molar-refractivity contribution in [2.75, 3.05) is 19.6 Å². The molecule has 0 unspecified atom stereocenters. The van der Waals surface area contributed by atoms with Gasteiger partial charge in [0.1, 0.15) is 0 Å². The van der Waals surface area contributed by atoms with Crippen molar-refractivity contribution in [3.05, 3.63) is 38.9 Å². The number of likely N-dealkylation sites (tertiary alicyclic amines) is 1. The van der Waals surface area contributed by atoms with Crippen LogP contribution in [0.25, 0.3) is 0 Å². The van der Waals surface area contributed by atoms with Gasteiger partial charge < -0.3 is 14.7 Å². The first-order valence-electron chi connectivity index (χ1n) is 7.87. The fourth-order valence-electron chi connectivity index (χ4n) is 2.84. The number of carbonyl (C=O) groups excluding carboxylic acids is 1. The predicted octanol–water partition coefficient (Wildman–Crippen LogP) is 3.52. The number of thiophene rings is 1. The van der Waals surface area contributed by atoms with E-state index in [-0.39, 0.29) is 5.91 Å². The molecule has 1 aliphatic heterocycles. The molecule has 1 N–H and O–H groups in total. The van der Waals surface area contributed by atoms with Gasteiger partial charge in [-0.2, -0.15) is 0 Å². The molecule has 5 nitrogen and oxygen atoms in total. The number of piperidine rings is 1. The monoisotopic (exact) mass is 353 g/mol. The van der Waals surface area contributed by atoms with Crippen LogP contribution in [-0.2, 0) is 6.54 Å². The molecule has 1 aliphatic rings. The number of aromatic nitrogens is 1. The quantitative estimate of drug-likeness (QED) is 0.893. The number of nitrogens with zero attached hydrogens (tertiary/aromatic N) is 2. The zero-order valence-corrected chi connectivity index (χ0v) is 14.6. The van der Waals surface area contributed by atoms with E-state index in [9.17, 15) is 4.79 Å². The lowest BCUT2D eigenvalue weighted by atomic mass is 9.93. The summed E-state index contributed by atoms with van der Waals surface area (Å²) < 4.78 is 5.97. The van der Waals surface area contributed by atoms with E-state index in [1.165, 1.54) is 11.3 Å². The van der Waals surface area contributed by atoms with Crippen LogP contribution in [0, 0.1) is 0 Å². The van der Waals surface area contributed by atoms with Crippen molar-refractivity contribution in [2.24, 2.45) is 0 Å². The molecule has 7 heteroatoms. The van der Waals surface area contributed by atoms with E-state index in [1.807, 2.05) is 6.07 Å². The van der Waals surface area contributed by atoms with Crippen LogP contribution in [0.2, 0.25) is 4.34 Å². The maximum atomic E-state index is 12.0. The Morgan fingerprint density at radius 1 is 1.48 bits per heavy atom. The van der Waals surface area contributed by atoms with Gasteiger partial charge >= 0.3 is 0 Å². The van der Waals surface area contributed by atoms with Gasteiger partial charge in [0.15, 0.2) is 5.76 Å². The van der Waals surface area contributed by atoms with Crippen LogP contribution in [0.3, 0.4) is 0 Å². The van der Waals surface area contributed by atoms with E-state index >= 15 is 0 Å². The summed E-state index contributed by atoms with van der Waals surface area (Å²) in [4.78, 5) is 15.0. The van der Waals surface area contributed by atoms with Gasteiger partial charge in [0.05, 0.1) is 21.5 Å². The Bertz CT molecular complexity index is 662. The Kier molecular flexibility index (Phi) is 5.35. The van der Waals surface area contributed by atoms with Crippen molar-refractivity contribution in [1.82, 2.24) is 15.4 Å². The molecule has 0 aliphatic carbocycles. The summed E-state index contributed by atoms with van der Waals surface area (Å²) >= 11 is 7.10. The van der Waals surface area contributed by atoms with Crippen LogP contribution in [-0.4, -0.2) is 35.6 Å². The van der Waals surface area contributed by atoms with Crippen molar-refractivity contribution in [3.8, 4) is 0 Å². The number of rotatable bonds is 5. The van der Waals surface area contributed by atoms with Crippen molar-refractivity contribution in [1.29, 1.82) is 0 Å². The van der Waals surface area contributed by atoms with Crippen LogP contribution in [0.5, 0.6) is 0 Å². The van der Waals surface area contributed by atoms with E-state index in [1.54, 1.807) is 12.1 Å². The number of amides is 1. The standard InChI is InChI=1S/C16H20ClN3O2S/c1-2-20-7-5-11(6-8-20)13-9-12(22-19-13)10-18-16(21)14-3-4-15(17)23-14/h3-4,9,11H,2,5-8,10H2,1H3,(H,18,21). The van der Waals surface area contributed by atoms with E-state index in [0.717, 1.165) is 38.2 Å². The van der Waals surface area contributed by atoms with Crippen LogP contribution >= 0.6 is 22.9 Å². The van der Waals surface area contributed by atoms with Gasteiger partial charge in [0.25, 0.3) is 5.91 Å². The predicted molar refractivity (Wildman–Crippen MR) is 91.1 cm³/mol. The summed E-state index contributed by atoms with van der Waals surface area (Å²) in [6, 6.07) is 5.40. The summed E-state index contributed by atoms with van der Waals surface area (Å²) in [5, 5.41) is 7.01. The topological polar surface area (TPSA) is 58.4 Å². The fourth-order valence-corrected chi connectivity index (χ4v) is 3.80. The highest BCUT2D eigenvalue weighted by atomic mass is 35.5. The van der Waals surface area contributed by atoms with Crippen LogP contribution in [0.4, 0.5) is 0 Å². The molecule has 0 aromatic carbocycles. The first-order valence-corrected chi connectivity index (χ1v) is 9.06. The summed E-state index contributed by atoms with van der Waals surface area (Å²) in [6.45, 7) is 5.86. The number of hydrogen-bond acceptors (Lipinski definition) is 5. The highest BCUT2D eigenvalue weighted by Gasteiger charge is 2.22. The lowest BCUT2D eigenvalue weighted by Crippen LogP contribution is -2.32. The van der Waals surface area contributed by atoms with Gasteiger partial charge in [-0.15, -0.1) is 11.3 Å². The third-order valence-corrected chi connectivity index (χ3v) is 5.48. The molecule has 1 saturated heterocycles. The van der Waals surface area contributed by atoms with Gasteiger partial charge in [-0.3, -0.25) is 4.79 Å². The van der Waals surface area contributed by atoms with Gasteiger partial charge in [-0.05, 0) is 44.6 Å². The minimum Gasteiger partial charge on any atom is -0.359 e. The van der Waals surface area contributed by atoms with Crippen LogP contribution < -0.4 is 5.32 Å². The highest BCUT2D eigenvalue weighted by molar-refractivity contribution is 7.17. The molecule has 124 valence electrons. The molecule has 1 fully saturated rings. The molecule has 0 saturated carbocycles. The van der Waals surface area contributed by atoms with E-state index in [4.69, 9.17) is 16.1 Å². The maximum Gasteiger partial charge on any atom is 0.261 e. The molecule has 0 bridgehead atoms. The largest absolute Gasteiger partial charge is 0.359 e. The van der Waals surface area contributed by atoms with Crippen molar-refractivity contribution >= 4 is 28.8 Å². The van der Waals surface area contributed by atoms with Crippen molar-refractivity contribution in [3.63, 3.8) is 0 Å². The SMILES string of the molecule is CCN1CCC(c2cc(CNC(=O)c3ccc(Cl)s3)on2)CC1. The first kappa shape index (κ1) is 16.5. The number of carbonyl (C=O) groups is 1. The second-order valence-electron chi connectivity index (χ2n) is 5.71. The molecular weight excluding hydrogens is 334 g/mol. The molecule has 3 rings (SSSR count). The second kappa shape index (κ2) is 7.47. The average Bonchev–Trinajstić information content (AvgIpc) is 3.22. The Labute approximate surface area is 144 Å². The maximum absolute atomic E-state index is 12.0. The summed E-state index contributed by atoms with van der Waals surface area (Å²) in [7, 11) is 0. The van der Waals surface area contributed by atoms with Crippen molar-refractivity contribution in [2.45, 2.75) is 32.2 Å². The zero-order chi connectivity index (χ0) is 16.2. The minimum absolute atomic E-state index is 0.142. The molecule has 23 heavy (non-hydrogen) atoms.